The molecule has 0 saturated carbocycles. The number of benzene rings is 1. The normalized spacial score (nSPS) is 16.8. The van der Waals surface area contributed by atoms with Gasteiger partial charge < -0.3 is 5.32 Å². The van der Waals surface area contributed by atoms with E-state index in [2.05, 4.69) is 21.6 Å². The second-order valence-electron chi connectivity index (χ2n) is 5.79. The van der Waals surface area contributed by atoms with Crippen molar-refractivity contribution in [2.24, 2.45) is 0 Å². The highest BCUT2D eigenvalue weighted by atomic mass is 32.1. The maximum absolute atomic E-state index is 13.1. The fourth-order valence-electron chi connectivity index (χ4n) is 2.88. The molecule has 2 heterocycles. The number of nitrogens with zero attached hydrogens (tertiary/aromatic N) is 3. The van der Waals surface area contributed by atoms with Crippen LogP contribution in [0.4, 0.5) is 9.52 Å². The number of halogens is 1. The Labute approximate surface area is 148 Å². The Morgan fingerprint density at radius 3 is 2.83 bits per heavy atom. The summed E-state index contributed by atoms with van der Waals surface area (Å²) in [5, 5.41) is 5.32. The first kappa shape index (κ1) is 15.7. The molecule has 2 aromatic heterocycles. The minimum Gasteiger partial charge on any atom is -0.352 e. The number of fused-ring (bicyclic) bond motifs is 1. The maximum Gasteiger partial charge on any atom is 0.203 e. The zero-order chi connectivity index (χ0) is 16.5. The summed E-state index contributed by atoms with van der Waals surface area (Å²) in [6.07, 6.45) is 4.08. The molecule has 0 saturated heterocycles. The highest BCUT2D eigenvalue weighted by molar-refractivity contribution is 7.15. The summed E-state index contributed by atoms with van der Waals surface area (Å²) in [6.45, 7) is 2.06. The van der Waals surface area contributed by atoms with Crippen LogP contribution in [0.5, 0.6) is 0 Å². The fourth-order valence-corrected chi connectivity index (χ4v) is 4.75. The summed E-state index contributed by atoms with van der Waals surface area (Å²) in [5.74, 6) is 0.659. The van der Waals surface area contributed by atoms with Gasteiger partial charge in [0.2, 0.25) is 5.13 Å². The average molecular weight is 360 g/mol. The number of hydrogen-bond donors (Lipinski definition) is 1. The van der Waals surface area contributed by atoms with E-state index < -0.39 is 0 Å². The van der Waals surface area contributed by atoms with E-state index in [1.807, 2.05) is 0 Å². The van der Waals surface area contributed by atoms with E-state index in [-0.39, 0.29) is 11.9 Å². The lowest BCUT2D eigenvalue weighted by molar-refractivity contribution is 0.594. The number of aromatic nitrogens is 3. The van der Waals surface area contributed by atoms with Gasteiger partial charge in [-0.2, -0.15) is 4.37 Å². The predicted octanol–water partition coefficient (Wildman–Crippen LogP) is 4.85. The molecule has 0 radical (unpaired) electrons. The standard InChI is InChI=1S/C17H17FN4S2/c1-2-14-20-17(24-22-14)19-12-4-3-5-13-15(12)21-16(23-13)10-6-8-11(18)9-7-10/h6-9,12H,2-5H2,1H3,(H,19,20,22). The van der Waals surface area contributed by atoms with Crippen LogP contribution >= 0.6 is 22.9 Å². The lowest BCUT2D eigenvalue weighted by Gasteiger charge is -2.21. The summed E-state index contributed by atoms with van der Waals surface area (Å²) in [4.78, 5) is 10.7. The smallest absolute Gasteiger partial charge is 0.203 e. The maximum atomic E-state index is 13.1. The molecular weight excluding hydrogens is 343 g/mol. The number of aryl methyl sites for hydroxylation is 2. The fraction of sp³-hybridized carbons (Fsp3) is 0.353. The van der Waals surface area contributed by atoms with Crippen LogP contribution in [0, 0.1) is 5.82 Å². The molecule has 1 aliphatic carbocycles. The molecule has 1 unspecified atom stereocenters. The first-order chi connectivity index (χ1) is 11.7. The van der Waals surface area contributed by atoms with Crippen LogP contribution in [0.1, 0.15) is 42.2 Å². The summed E-state index contributed by atoms with van der Waals surface area (Å²) in [5.41, 5.74) is 2.08. The zero-order valence-corrected chi connectivity index (χ0v) is 14.9. The molecule has 24 heavy (non-hydrogen) atoms. The minimum atomic E-state index is -0.220. The topological polar surface area (TPSA) is 50.7 Å². The van der Waals surface area contributed by atoms with Crippen molar-refractivity contribution in [1.82, 2.24) is 14.3 Å². The summed E-state index contributed by atoms with van der Waals surface area (Å²) >= 11 is 3.12. The van der Waals surface area contributed by atoms with Gasteiger partial charge in [-0.05, 0) is 43.5 Å². The van der Waals surface area contributed by atoms with Crippen molar-refractivity contribution in [2.45, 2.75) is 38.6 Å². The SMILES string of the molecule is CCc1nsc(NC2CCCc3sc(-c4ccc(F)cc4)nc32)n1. The molecule has 1 N–H and O–H groups in total. The molecule has 0 fully saturated rings. The molecule has 4 nitrogen and oxygen atoms in total. The minimum absolute atomic E-state index is 0.178. The molecule has 7 heteroatoms. The van der Waals surface area contributed by atoms with Crippen molar-refractivity contribution in [3.8, 4) is 10.6 Å². The second kappa shape index (κ2) is 6.57. The lowest BCUT2D eigenvalue weighted by atomic mass is 9.98. The van der Waals surface area contributed by atoms with Crippen molar-refractivity contribution in [3.05, 3.63) is 46.5 Å². The van der Waals surface area contributed by atoms with Gasteiger partial charge in [-0.1, -0.05) is 6.92 Å². The van der Waals surface area contributed by atoms with Crippen LogP contribution in [0.25, 0.3) is 10.6 Å². The van der Waals surface area contributed by atoms with Gasteiger partial charge in [-0.25, -0.2) is 14.4 Å². The van der Waals surface area contributed by atoms with Gasteiger partial charge in [0.1, 0.15) is 16.6 Å². The summed E-state index contributed by atoms with van der Waals surface area (Å²) < 4.78 is 17.5. The average Bonchev–Trinajstić information content (AvgIpc) is 3.22. The molecule has 1 aliphatic rings. The summed E-state index contributed by atoms with van der Waals surface area (Å²) in [6, 6.07) is 6.73. The Morgan fingerprint density at radius 2 is 2.08 bits per heavy atom. The molecule has 1 aromatic carbocycles. The van der Waals surface area contributed by atoms with Crippen LogP contribution < -0.4 is 5.32 Å². The monoisotopic (exact) mass is 360 g/mol. The van der Waals surface area contributed by atoms with Crippen molar-refractivity contribution in [2.75, 3.05) is 5.32 Å². The Kier molecular flexibility index (Phi) is 4.28. The van der Waals surface area contributed by atoms with E-state index in [4.69, 9.17) is 4.98 Å². The highest BCUT2D eigenvalue weighted by Crippen LogP contribution is 2.38. The molecule has 0 aliphatic heterocycles. The van der Waals surface area contributed by atoms with Gasteiger partial charge in [-0.3, -0.25) is 0 Å². The number of rotatable bonds is 4. The van der Waals surface area contributed by atoms with Crippen molar-refractivity contribution < 1.29 is 4.39 Å². The number of thiazole rings is 1. The zero-order valence-electron chi connectivity index (χ0n) is 13.3. The first-order valence-corrected chi connectivity index (χ1v) is 9.66. The van der Waals surface area contributed by atoms with Gasteiger partial charge >= 0.3 is 0 Å². The van der Waals surface area contributed by atoms with Crippen molar-refractivity contribution in [3.63, 3.8) is 0 Å². The third-order valence-corrected chi connectivity index (χ3v) is 5.99. The molecule has 4 rings (SSSR count). The molecule has 0 amide bonds. The van der Waals surface area contributed by atoms with Gasteiger partial charge in [0.25, 0.3) is 0 Å². The number of anilines is 1. The largest absolute Gasteiger partial charge is 0.352 e. The first-order valence-electron chi connectivity index (χ1n) is 8.07. The van der Waals surface area contributed by atoms with E-state index in [0.29, 0.717) is 0 Å². The lowest BCUT2D eigenvalue weighted by Crippen LogP contribution is -2.16. The van der Waals surface area contributed by atoms with Gasteiger partial charge in [0.05, 0.1) is 11.7 Å². The van der Waals surface area contributed by atoms with Gasteiger partial charge in [0.15, 0.2) is 0 Å². The molecule has 3 aromatic rings. The molecule has 1 atom stereocenters. The molecule has 124 valence electrons. The van der Waals surface area contributed by atoms with Crippen molar-refractivity contribution in [1.29, 1.82) is 0 Å². The van der Waals surface area contributed by atoms with Crippen LogP contribution in [-0.2, 0) is 12.8 Å². The van der Waals surface area contributed by atoms with Crippen LogP contribution in [0.2, 0.25) is 0 Å². The van der Waals surface area contributed by atoms with E-state index in [1.165, 1.54) is 28.5 Å². The Bertz CT molecular complexity index is 841. The Balaban J connectivity index is 1.61. The number of hydrogen-bond acceptors (Lipinski definition) is 6. The van der Waals surface area contributed by atoms with E-state index in [1.54, 1.807) is 23.5 Å². The third kappa shape index (κ3) is 3.06. The van der Waals surface area contributed by atoms with Gasteiger partial charge in [-0.15, -0.1) is 11.3 Å². The summed E-state index contributed by atoms with van der Waals surface area (Å²) in [7, 11) is 0. The van der Waals surface area contributed by atoms with Crippen LogP contribution in [0.3, 0.4) is 0 Å². The molecule has 0 spiro atoms. The van der Waals surface area contributed by atoms with Crippen molar-refractivity contribution >= 4 is 28.0 Å². The Hall–Kier alpha value is -1.86. The Morgan fingerprint density at radius 1 is 1.25 bits per heavy atom. The van der Waals surface area contributed by atoms with E-state index in [0.717, 1.165) is 52.9 Å². The van der Waals surface area contributed by atoms with Gasteiger partial charge in [0, 0.05) is 28.4 Å². The second-order valence-corrected chi connectivity index (χ2v) is 7.63. The van der Waals surface area contributed by atoms with Crippen LogP contribution in [-0.4, -0.2) is 14.3 Å². The van der Waals surface area contributed by atoms with E-state index >= 15 is 0 Å². The molecule has 0 bridgehead atoms. The van der Waals surface area contributed by atoms with Crippen LogP contribution in [0.15, 0.2) is 24.3 Å². The highest BCUT2D eigenvalue weighted by Gasteiger charge is 2.26. The quantitative estimate of drug-likeness (QED) is 0.722. The van der Waals surface area contributed by atoms with E-state index in [9.17, 15) is 4.39 Å². The molecular formula is C17H17FN4S2. The predicted molar refractivity (Wildman–Crippen MR) is 96.1 cm³/mol. The number of nitrogens with one attached hydrogen (secondary N) is 1. The third-order valence-electron chi connectivity index (χ3n) is 4.13.